The van der Waals surface area contributed by atoms with Crippen LogP contribution >= 0.6 is 11.3 Å². The predicted octanol–water partition coefficient (Wildman–Crippen LogP) is 3.36. The number of nitrogens with one attached hydrogen (secondary N) is 1. The Kier molecular flexibility index (Phi) is 6.45. The number of nitrogens with zero attached hydrogens (tertiary/aromatic N) is 3. The molecule has 130 valence electrons. The number of carbonyl (C=O) groups excluding carboxylic acids is 1. The molecular formula is C18H26N4OS. The number of carbonyl (C=O) groups is 1. The van der Waals surface area contributed by atoms with Crippen molar-refractivity contribution < 1.29 is 4.79 Å². The molecule has 5 nitrogen and oxygen atoms in total. The van der Waals surface area contributed by atoms with Crippen LogP contribution < -0.4 is 5.32 Å². The fourth-order valence-corrected chi connectivity index (χ4v) is 3.66. The molecule has 0 unspecified atom stereocenters. The van der Waals surface area contributed by atoms with Crippen LogP contribution in [0.4, 0.5) is 0 Å². The highest BCUT2D eigenvalue weighted by atomic mass is 32.1. The van der Waals surface area contributed by atoms with Crippen molar-refractivity contribution in [2.45, 2.75) is 46.7 Å². The van der Waals surface area contributed by atoms with Crippen molar-refractivity contribution in [3.63, 3.8) is 0 Å². The molecule has 0 atom stereocenters. The molecule has 2 rings (SSSR count). The smallest absolute Gasteiger partial charge is 0.263 e. The third-order valence-electron chi connectivity index (χ3n) is 3.87. The molecule has 1 amide bonds. The zero-order chi connectivity index (χ0) is 17.7. The molecule has 0 saturated heterocycles. The van der Waals surface area contributed by atoms with Crippen molar-refractivity contribution >= 4 is 17.2 Å². The molecule has 2 aromatic rings. The largest absolute Gasteiger partial charge is 0.350 e. The summed E-state index contributed by atoms with van der Waals surface area (Å²) in [6, 6.07) is 6.62. The Morgan fingerprint density at radius 3 is 2.54 bits per heavy atom. The fraction of sp³-hybridized carbons (Fsp3) is 0.500. The molecule has 6 heteroatoms. The van der Waals surface area contributed by atoms with Crippen LogP contribution in [-0.2, 0) is 0 Å². The minimum atomic E-state index is -0.0559. The van der Waals surface area contributed by atoms with E-state index in [2.05, 4.69) is 47.9 Å². The summed E-state index contributed by atoms with van der Waals surface area (Å²) in [6.07, 6.45) is 1.73. The zero-order valence-electron chi connectivity index (χ0n) is 15.0. The molecule has 0 aliphatic rings. The highest BCUT2D eigenvalue weighted by Crippen LogP contribution is 2.26. The molecule has 0 spiro atoms. The molecule has 0 fully saturated rings. The molecule has 0 aliphatic heterocycles. The van der Waals surface area contributed by atoms with E-state index in [1.54, 1.807) is 6.20 Å². The monoisotopic (exact) mass is 346 g/mol. The van der Waals surface area contributed by atoms with Gasteiger partial charge in [-0.2, -0.15) is 0 Å². The van der Waals surface area contributed by atoms with Gasteiger partial charge in [-0.25, -0.2) is 4.98 Å². The minimum absolute atomic E-state index is 0.0559. The zero-order valence-corrected chi connectivity index (χ0v) is 15.9. The number of aryl methyl sites for hydroxylation is 1. The molecule has 2 aromatic heterocycles. The van der Waals surface area contributed by atoms with Gasteiger partial charge in [0.05, 0.1) is 11.4 Å². The van der Waals surface area contributed by atoms with Gasteiger partial charge in [-0.05, 0) is 46.8 Å². The lowest BCUT2D eigenvalue weighted by Crippen LogP contribution is -2.42. The Morgan fingerprint density at radius 2 is 1.96 bits per heavy atom. The van der Waals surface area contributed by atoms with Crippen LogP contribution in [0, 0.1) is 6.92 Å². The van der Waals surface area contributed by atoms with Crippen molar-refractivity contribution in [3.05, 3.63) is 35.0 Å². The Bertz CT molecular complexity index is 659. The van der Waals surface area contributed by atoms with Gasteiger partial charge in [-0.3, -0.25) is 14.7 Å². The highest BCUT2D eigenvalue weighted by molar-refractivity contribution is 7.17. The first-order valence-corrected chi connectivity index (χ1v) is 9.14. The van der Waals surface area contributed by atoms with E-state index in [4.69, 9.17) is 0 Å². The van der Waals surface area contributed by atoms with Crippen LogP contribution in [-0.4, -0.2) is 45.9 Å². The van der Waals surface area contributed by atoms with Crippen LogP contribution in [0.3, 0.4) is 0 Å². The van der Waals surface area contributed by atoms with E-state index in [1.807, 2.05) is 25.1 Å². The van der Waals surface area contributed by atoms with Crippen molar-refractivity contribution in [1.29, 1.82) is 0 Å². The van der Waals surface area contributed by atoms with E-state index in [0.29, 0.717) is 23.5 Å². The van der Waals surface area contributed by atoms with Gasteiger partial charge < -0.3 is 5.32 Å². The lowest BCUT2D eigenvalue weighted by molar-refractivity contribution is 0.0942. The molecule has 0 saturated carbocycles. The Hall–Kier alpha value is -1.79. The van der Waals surface area contributed by atoms with Crippen LogP contribution in [0.2, 0.25) is 0 Å². The summed E-state index contributed by atoms with van der Waals surface area (Å²) in [6.45, 7) is 12.0. The quantitative estimate of drug-likeness (QED) is 0.835. The van der Waals surface area contributed by atoms with E-state index in [-0.39, 0.29) is 5.91 Å². The molecule has 2 heterocycles. The first-order chi connectivity index (χ1) is 11.4. The summed E-state index contributed by atoms with van der Waals surface area (Å²) < 4.78 is 0. The Labute approximate surface area is 148 Å². The lowest BCUT2D eigenvalue weighted by atomic mass is 10.2. The van der Waals surface area contributed by atoms with Crippen molar-refractivity contribution in [2.75, 3.05) is 13.1 Å². The van der Waals surface area contributed by atoms with E-state index < -0.39 is 0 Å². The summed E-state index contributed by atoms with van der Waals surface area (Å²) in [7, 11) is 0. The normalized spacial score (nSPS) is 11.5. The number of aromatic nitrogens is 2. The molecule has 0 bridgehead atoms. The molecule has 0 radical (unpaired) electrons. The summed E-state index contributed by atoms with van der Waals surface area (Å²) in [5.41, 5.74) is 1.55. The minimum Gasteiger partial charge on any atom is -0.350 e. The standard InChI is InChI=1S/C18H26N4OS/c1-12(2)22(13(3)4)11-10-20-17(23)16-14(5)21-18(24-16)15-8-6-7-9-19-15/h6-9,12-13H,10-11H2,1-5H3,(H,20,23). The van der Waals surface area contributed by atoms with Gasteiger partial charge in [0, 0.05) is 31.4 Å². The lowest BCUT2D eigenvalue weighted by Gasteiger charge is -2.30. The number of rotatable bonds is 7. The topological polar surface area (TPSA) is 58.1 Å². The summed E-state index contributed by atoms with van der Waals surface area (Å²) >= 11 is 1.39. The predicted molar refractivity (Wildman–Crippen MR) is 99.4 cm³/mol. The molecule has 0 aromatic carbocycles. The van der Waals surface area contributed by atoms with Crippen molar-refractivity contribution in [1.82, 2.24) is 20.2 Å². The number of hydrogen-bond acceptors (Lipinski definition) is 5. The number of thiazole rings is 1. The second kappa shape index (κ2) is 8.35. The fourth-order valence-electron chi connectivity index (χ4n) is 2.70. The van der Waals surface area contributed by atoms with E-state index in [0.717, 1.165) is 22.9 Å². The third-order valence-corrected chi connectivity index (χ3v) is 5.05. The summed E-state index contributed by atoms with van der Waals surface area (Å²) in [5, 5.41) is 3.80. The number of pyridine rings is 1. The van der Waals surface area contributed by atoms with Gasteiger partial charge in [-0.15, -0.1) is 11.3 Å². The van der Waals surface area contributed by atoms with Crippen molar-refractivity contribution in [2.24, 2.45) is 0 Å². The number of hydrogen-bond donors (Lipinski definition) is 1. The van der Waals surface area contributed by atoms with Gasteiger partial charge in [0.2, 0.25) is 0 Å². The number of amides is 1. The maximum Gasteiger partial charge on any atom is 0.263 e. The van der Waals surface area contributed by atoms with E-state index in [9.17, 15) is 4.79 Å². The maximum atomic E-state index is 12.5. The molecule has 0 aliphatic carbocycles. The second-order valence-corrected chi connectivity index (χ2v) is 7.33. The average molecular weight is 347 g/mol. The van der Waals surface area contributed by atoms with Gasteiger partial charge in [0.15, 0.2) is 0 Å². The molecular weight excluding hydrogens is 320 g/mol. The van der Waals surface area contributed by atoms with Gasteiger partial charge in [-0.1, -0.05) is 6.07 Å². The summed E-state index contributed by atoms with van der Waals surface area (Å²) in [4.78, 5) is 24.3. The van der Waals surface area contributed by atoms with Gasteiger partial charge in [0.1, 0.15) is 9.88 Å². The average Bonchev–Trinajstić information content (AvgIpc) is 2.93. The second-order valence-electron chi connectivity index (χ2n) is 6.33. The SMILES string of the molecule is Cc1nc(-c2ccccn2)sc1C(=O)NCCN(C(C)C)C(C)C. The van der Waals surface area contributed by atoms with Crippen LogP contribution in [0.25, 0.3) is 10.7 Å². The van der Waals surface area contributed by atoms with Crippen LogP contribution in [0.5, 0.6) is 0 Å². The first-order valence-electron chi connectivity index (χ1n) is 8.33. The third kappa shape index (κ3) is 4.61. The molecule has 1 N–H and O–H groups in total. The molecule has 24 heavy (non-hydrogen) atoms. The van der Waals surface area contributed by atoms with Crippen LogP contribution in [0.1, 0.15) is 43.1 Å². The van der Waals surface area contributed by atoms with Gasteiger partial charge in [0.25, 0.3) is 5.91 Å². The Balaban J connectivity index is 1.99. The van der Waals surface area contributed by atoms with Crippen molar-refractivity contribution in [3.8, 4) is 10.7 Å². The van der Waals surface area contributed by atoms with E-state index in [1.165, 1.54) is 11.3 Å². The highest BCUT2D eigenvalue weighted by Gasteiger charge is 2.18. The maximum absolute atomic E-state index is 12.5. The van der Waals surface area contributed by atoms with Gasteiger partial charge >= 0.3 is 0 Å². The van der Waals surface area contributed by atoms with E-state index >= 15 is 0 Å². The first kappa shape index (κ1) is 18.5. The summed E-state index contributed by atoms with van der Waals surface area (Å²) in [5.74, 6) is -0.0559. The Morgan fingerprint density at radius 1 is 1.25 bits per heavy atom. The van der Waals surface area contributed by atoms with Crippen LogP contribution in [0.15, 0.2) is 24.4 Å².